The Morgan fingerprint density at radius 1 is 1.03 bits per heavy atom. The second kappa shape index (κ2) is 9.81. The number of aryl methyl sites for hydroxylation is 1. The van der Waals surface area contributed by atoms with Crippen molar-refractivity contribution in [3.05, 3.63) is 71.3 Å². The molecular weight excluding hydrogens is 402 g/mol. The summed E-state index contributed by atoms with van der Waals surface area (Å²) in [4.78, 5) is 34.0. The van der Waals surface area contributed by atoms with Gasteiger partial charge < -0.3 is 14.5 Å². The molecule has 1 amide bonds. The highest BCUT2D eigenvalue weighted by atomic mass is 16.5. The molecule has 2 aromatic carbocycles. The van der Waals surface area contributed by atoms with Gasteiger partial charge in [-0.05, 0) is 42.5 Å². The lowest BCUT2D eigenvalue weighted by Crippen LogP contribution is -2.31. The van der Waals surface area contributed by atoms with Crippen LogP contribution >= 0.6 is 0 Å². The van der Waals surface area contributed by atoms with Crippen LogP contribution in [0.4, 0.5) is 5.82 Å². The van der Waals surface area contributed by atoms with E-state index in [0.717, 1.165) is 48.8 Å². The molecule has 1 fully saturated rings. The maximum atomic E-state index is 13.0. The zero-order chi connectivity index (χ0) is 22.5. The number of likely N-dealkylation sites (N-methyl/N-ethyl adjacent to an activating group) is 1. The SMILES string of the molecule is CCc1ccc(CN(C)C(=O)COC(=O)c2cc3ccccc3nc2N2CCCC2)cc1. The van der Waals surface area contributed by atoms with Crippen LogP contribution in [-0.4, -0.2) is 48.5 Å². The zero-order valence-electron chi connectivity index (χ0n) is 18.7. The van der Waals surface area contributed by atoms with Crippen LogP contribution in [0.25, 0.3) is 10.9 Å². The second-order valence-corrected chi connectivity index (χ2v) is 8.24. The quantitative estimate of drug-likeness (QED) is 0.525. The Kier molecular flexibility index (Phi) is 6.69. The van der Waals surface area contributed by atoms with Crippen LogP contribution in [-0.2, 0) is 22.5 Å². The number of ether oxygens (including phenoxy) is 1. The topological polar surface area (TPSA) is 62.7 Å². The van der Waals surface area contributed by atoms with E-state index in [2.05, 4.69) is 24.0 Å². The number of hydrogen-bond donors (Lipinski definition) is 0. The van der Waals surface area contributed by atoms with Crippen LogP contribution in [0.15, 0.2) is 54.6 Å². The number of fused-ring (bicyclic) bond motifs is 1. The van der Waals surface area contributed by atoms with Crippen LogP contribution in [0.3, 0.4) is 0 Å². The minimum atomic E-state index is -0.515. The number of carbonyl (C=O) groups is 2. The number of benzene rings is 2. The standard InChI is InChI=1S/C26H29N3O3/c1-3-19-10-12-20(13-11-19)17-28(2)24(30)18-32-26(31)22-16-21-8-4-5-9-23(21)27-25(22)29-14-6-7-15-29/h4-5,8-13,16H,3,6-7,14-15,17-18H2,1-2H3. The number of para-hydroxylation sites is 1. The molecule has 166 valence electrons. The lowest BCUT2D eigenvalue weighted by atomic mass is 10.1. The van der Waals surface area contributed by atoms with Gasteiger partial charge in [0, 0.05) is 32.1 Å². The molecule has 0 N–H and O–H groups in total. The summed E-state index contributed by atoms with van der Waals surface area (Å²) >= 11 is 0. The van der Waals surface area contributed by atoms with Gasteiger partial charge in [-0.3, -0.25) is 4.79 Å². The monoisotopic (exact) mass is 431 g/mol. The maximum absolute atomic E-state index is 13.0. The van der Waals surface area contributed by atoms with Gasteiger partial charge >= 0.3 is 5.97 Å². The maximum Gasteiger partial charge on any atom is 0.342 e. The van der Waals surface area contributed by atoms with Gasteiger partial charge in [0.1, 0.15) is 11.4 Å². The van der Waals surface area contributed by atoms with Gasteiger partial charge in [0.15, 0.2) is 6.61 Å². The summed E-state index contributed by atoms with van der Waals surface area (Å²) in [5.74, 6) is -0.114. The number of anilines is 1. The Bertz CT molecular complexity index is 1110. The summed E-state index contributed by atoms with van der Waals surface area (Å²) < 4.78 is 5.44. The van der Waals surface area contributed by atoms with Crippen molar-refractivity contribution < 1.29 is 14.3 Å². The molecule has 3 aromatic rings. The van der Waals surface area contributed by atoms with Gasteiger partial charge in [0.25, 0.3) is 5.91 Å². The summed E-state index contributed by atoms with van der Waals surface area (Å²) in [6.45, 7) is 4.01. The van der Waals surface area contributed by atoms with Crippen LogP contribution in [0.1, 0.15) is 41.3 Å². The molecule has 6 heteroatoms. The minimum absolute atomic E-state index is 0.241. The smallest absolute Gasteiger partial charge is 0.342 e. The third kappa shape index (κ3) is 4.90. The van der Waals surface area contributed by atoms with E-state index in [1.807, 2.05) is 42.5 Å². The Hall–Kier alpha value is -3.41. The summed E-state index contributed by atoms with van der Waals surface area (Å²) in [5.41, 5.74) is 3.56. The van der Waals surface area contributed by atoms with Crippen molar-refractivity contribution in [3.8, 4) is 0 Å². The highest BCUT2D eigenvalue weighted by molar-refractivity contribution is 6.00. The van der Waals surface area contributed by atoms with E-state index in [9.17, 15) is 9.59 Å². The molecule has 1 saturated heterocycles. The van der Waals surface area contributed by atoms with Crippen LogP contribution < -0.4 is 4.90 Å². The second-order valence-electron chi connectivity index (χ2n) is 8.24. The molecule has 0 aliphatic carbocycles. The zero-order valence-corrected chi connectivity index (χ0v) is 18.7. The number of carbonyl (C=O) groups excluding carboxylic acids is 2. The molecule has 0 atom stereocenters. The molecule has 0 spiro atoms. The van der Waals surface area contributed by atoms with Crippen molar-refractivity contribution in [2.24, 2.45) is 0 Å². The molecule has 0 radical (unpaired) electrons. The van der Waals surface area contributed by atoms with Crippen molar-refractivity contribution in [1.82, 2.24) is 9.88 Å². The third-order valence-corrected chi connectivity index (χ3v) is 5.93. The molecule has 0 saturated carbocycles. The van der Waals surface area contributed by atoms with E-state index in [1.165, 1.54) is 5.56 Å². The number of aromatic nitrogens is 1. The fourth-order valence-electron chi connectivity index (χ4n) is 3.98. The molecule has 6 nitrogen and oxygen atoms in total. The van der Waals surface area contributed by atoms with Gasteiger partial charge in [-0.1, -0.05) is 49.4 Å². The molecule has 1 aliphatic rings. The van der Waals surface area contributed by atoms with Gasteiger partial charge in [-0.15, -0.1) is 0 Å². The molecule has 32 heavy (non-hydrogen) atoms. The first kappa shape index (κ1) is 21.8. The third-order valence-electron chi connectivity index (χ3n) is 5.93. The van der Waals surface area contributed by atoms with Crippen LogP contribution in [0.2, 0.25) is 0 Å². The molecular formula is C26H29N3O3. The summed E-state index contributed by atoms with van der Waals surface area (Å²) in [5, 5.41) is 0.876. The predicted molar refractivity (Wildman–Crippen MR) is 126 cm³/mol. The first-order chi connectivity index (χ1) is 15.5. The van der Waals surface area contributed by atoms with Crippen molar-refractivity contribution in [1.29, 1.82) is 0 Å². The highest BCUT2D eigenvalue weighted by Gasteiger charge is 2.24. The Morgan fingerprint density at radius 2 is 1.72 bits per heavy atom. The Morgan fingerprint density at radius 3 is 2.44 bits per heavy atom. The molecule has 0 unspecified atom stereocenters. The Labute approximate surface area is 188 Å². The first-order valence-corrected chi connectivity index (χ1v) is 11.2. The van der Waals surface area contributed by atoms with Gasteiger partial charge in [-0.25, -0.2) is 9.78 Å². The molecule has 1 aliphatic heterocycles. The highest BCUT2D eigenvalue weighted by Crippen LogP contribution is 2.27. The number of esters is 1. The molecule has 1 aromatic heterocycles. The lowest BCUT2D eigenvalue weighted by Gasteiger charge is -2.21. The van der Waals surface area contributed by atoms with E-state index >= 15 is 0 Å². The first-order valence-electron chi connectivity index (χ1n) is 11.2. The number of pyridine rings is 1. The van der Waals surface area contributed by atoms with E-state index in [0.29, 0.717) is 17.9 Å². The van der Waals surface area contributed by atoms with Crippen LogP contribution in [0.5, 0.6) is 0 Å². The number of amides is 1. The van der Waals surface area contributed by atoms with Gasteiger partial charge in [0.05, 0.1) is 5.52 Å². The van der Waals surface area contributed by atoms with Crippen molar-refractivity contribution in [2.75, 3.05) is 31.6 Å². The average molecular weight is 432 g/mol. The summed E-state index contributed by atoms with van der Waals surface area (Å²) in [7, 11) is 1.72. The number of hydrogen-bond acceptors (Lipinski definition) is 5. The van der Waals surface area contributed by atoms with E-state index < -0.39 is 5.97 Å². The van der Waals surface area contributed by atoms with E-state index in [1.54, 1.807) is 11.9 Å². The fraction of sp³-hybridized carbons (Fsp3) is 0.346. The fourth-order valence-corrected chi connectivity index (χ4v) is 3.98. The van der Waals surface area contributed by atoms with Gasteiger partial charge in [-0.2, -0.15) is 0 Å². The number of nitrogens with zero attached hydrogens (tertiary/aromatic N) is 3. The van der Waals surface area contributed by atoms with Crippen molar-refractivity contribution in [3.63, 3.8) is 0 Å². The van der Waals surface area contributed by atoms with Crippen LogP contribution in [0, 0.1) is 0 Å². The molecule has 0 bridgehead atoms. The van der Waals surface area contributed by atoms with Crippen molar-refractivity contribution in [2.45, 2.75) is 32.7 Å². The summed E-state index contributed by atoms with van der Waals surface area (Å²) in [6.07, 6.45) is 3.13. The van der Waals surface area contributed by atoms with E-state index in [-0.39, 0.29) is 12.5 Å². The summed E-state index contributed by atoms with van der Waals surface area (Å²) in [6, 6.07) is 17.7. The average Bonchev–Trinajstić information content (AvgIpc) is 3.36. The van der Waals surface area contributed by atoms with Crippen molar-refractivity contribution >= 4 is 28.6 Å². The Balaban J connectivity index is 1.44. The normalized spacial score (nSPS) is 13.4. The largest absolute Gasteiger partial charge is 0.452 e. The van der Waals surface area contributed by atoms with E-state index in [4.69, 9.17) is 9.72 Å². The molecule has 2 heterocycles. The lowest BCUT2D eigenvalue weighted by molar-refractivity contribution is -0.133. The number of rotatable bonds is 7. The van der Waals surface area contributed by atoms with Gasteiger partial charge in [0.2, 0.25) is 0 Å². The minimum Gasteiger partial charge on any atom is -0.452 e. The molecule has 4 rings (SSSR count). The predicted octanol–water partition coefficient (Wildman–Crippen LogP) is 4.21.